The van der Waals surface area contributed by atoms with Crippen LogP contribution >= 0.6 is 15.9 Å². The maximum absolute atomic E-state index is 13.7. The Balaban J connectivity index is 2.68. The summed E-state index contributed by atoms with van der Waals surface area (Å²) in [4.78, 5) is 9.98. The third kappa shape index (κ3) is 2.26. The molecule has 0 unspecified atom stereocenters. The number of rotatable bonds is 3. The van der Waals surface area contributed by atoms with Crippen molar-refractivity contribution in [2.24, 2.45) is 0 Å². The van der Waals surface area contributed by atoms with E-state index in [1.165, 1.54) is 6.07 Å². The van der Waals surface area contributed by atoms with E-state index in [0.29, 0.717) is 5.56 Å². The SMILES string of the molecule is O=[N+]([O-])c1ccc(F)c(-n2c(O)cc(CBr)c2O)c1. The molecule has 0 aliphatic rings. The number of nitro benzene ring substituents is 1. The maximum Gasteiger partial charge on any atom is 0.271 e. The highest BCUT2D eigenvalue weighted by Crippen LogP contribution is 2.34. The molecule has 1 aromatic carbocycles. The van der Waals surface area contributed by atoms with E-state index in [-0.39, 0.29) is 22.6 Å². The highest BCUT2D eigenvalue weighted by Gasteiger charge is 2.20. The Hall–Kier alpha value is -2.09. The molecule has 19 heavy (non-hydrogen) atoms. The summed E-state index contributed by atoms with van der Waals surface area (Å²) in [6.45, 7) is 0. The molecular formula is C11H8BrFN2O4. The van der Waals surface area contributed by atoms with Gasteiger partial charge in [-0.05, 0) is 6.07 Å². The monoisotopic (exact) mass is 330 g/mol. The molecule has 0 spiro atoms. The van der Waals surface area contributed by atoms with Crippen LogP contribution in [0.5, 0.6) is 11.8 Å². The molecule has 0 fully saturated rings. The van der Waals surface area contributed by atoms with E-state index in [0.717, 1.165) is 22.8 Å². The molecule has 0 saturated heterocycles. The molecule has 2 N–H and O–H groups in total. The van der Waals surface area contributed by atoms with Gasteiger partial charge < -0.3 is 10.2 Å². The van der Waals surface area contributed by atoms with Crippen LogP contribution < -0.4 is 0 Å². The highest BCUT2D eigenvalue weighted by molar-refractivity contribution is 9.08. The van der Waals surface area contributed by atoms with E-state index in [4.69, 9.17) is 0 Å². The standard InChI is InChI=1S/C11H8BrFN2O4/c12-5-6-3-10(16)14(11(6)17)9-4-7(15(18)19)1-2-8(9)13/h1-4,16-17H,5H2. The van der Waals surface area contributed by atoms with E-state index in [1.54, 1.807) is 0 Å². The Morgan fingerprint density at radius 2 is 2.05 bits per heavy atom. The summed E-state index contributed by atoms with van der Waals surface area (Å²) in [5.74, 6) is -1.59. The first-order valence-corrected chi connectivity index (χ1v) is 6.20. The summed E-state index contributed by atoms with van der Waals surface area (Å²) in [5.41, 5.74) is -0.302. The van der Waals surface area contributed by atoms with Crippen molar-refractivity contribution in [2.45, 2.75) is 5.33 Å². The van der Waals surface area contributed by atoms with Gasteiger partial charge in [0.2, 0.25) is 5.88 Å². The molecule has 0 aliphatic carbocycles. The number of aromatic nitrogens is 1. The Bertz CT molecular complexity index is 656. The average molecular weight is 331 g/mol. The fourth-order valence-electron chi connectivity index (χ4n) is 1.66. The van der Waals surface area contributed by atoms with Crippen LogP contribution in [0.15, 0.2) is 24.3 Å². The predicted octanol–water partition coefficient (Wildman–Crippen LogP) is 2.83. The van der Waals surface area contributed by atoms with E-state index in [9.17, 15) is 24.7 Å². The molecule has 6 nitrogen and oxygen atoms in total. The van der Waals surface area contributed by atoms with E-state index in [1.807, 2.05) is 0 Å². The smallest absolute Gasteiger partial charge is 0.271 e. The van der Waals surface area contributed by atoms with Gasteiger partial charge in [-0.25, -0.2) is 8.96 Å². The van der Waals surface area contributed by atoms with Crippen molar-refractivity contribution in [1.29, 1.82) is 0 Å². The van der Waals surface area contributed by atoms with Crippen molar-refractivity contribution in [3.05, 3.63) is 45.8 Å². The van der Waals surface area contributed by atoms with Gasteiger partial charge in [0.05, 0.1) is 10.6 Å². The lowest BCUT2D eigenvalue weighted by Gasteiger charge is -2.08. The first-order valence-electron chi connectivity index (χ1n) is 5.08. The summed E-state index contributed by atoms with van der Waals surface area (Å²) in [6.07, 6.45) is 0. The zero-order valence-corrected chi connectivity index (χ0v) is 11.0. The van der Waals surface area contributed by atoms with Gasteiger partial charge in [-0.1, -0.05) is 15.9 Å². The van der Waals surface area contributed by atoms with E-state index in [2.05, 4.69) is 15.9 Å². The summed E-state index contributed by atoms with van der Waals surface area (Å²) < 4.78 is 14.5. The van der Waals surface area contributed by atoms with Crippen molar-refractivity contribution >= 4 is 21.6 Å². The average Bonchev–Trinajstić information content (AvgIpc) is 2.65. The number of halogens is 2. The molecule has 2 aromatic rings. The second-order valence-electron chi connectivity index (χ2n) is 3.71. The topological polar surface area (TPSA) is 88.5 Å². The quantitative estimate of drug-likeness (QED) is 0.514. The second kappa shape index (κ2) is 4.88. The van der Waals surface area contributed by atoms with Gasteiger partial charge >= 0.3 is 0 Å². The molecule has 1 heterocycles. The van der Waals surface area contributed by atoms with Crippen LogP contribution in [0.4, 0.5) is 10.1 Å². The van der Waals surface area contributed by atoms with Crippen LogP contribution in [0.3, 0.4) is 0 Å². The molecular weight excluding hydrogens is 323 g/mol. The number of nitrogens with zero attached hydrogens (tertiary/aromatic N) is 2. The normalized spacial score (nSPS) is 10.6. The number of benzene rings is 1. The Morgan fingerprint density at radius 1 is 1.37 bits per heavy atom. The van der Waals surface area contributed by atoms with Crippen molar-refractivity contribution < 1.29 is 19.5 Å². The first-order chi connectivity index (χ1) is 8.95. The van der Waals surface area contributed by atoms with Crippen LogP contribution in [-0.4, -0.2) is 19.7 Å². The lowest BCUT2D eigenvalue weighted by molar-refractivity contribution is -0.384. The fourth-order valence-corrected chi connectivity index (χ4v) is 2.07. The number of hydrogen-bond donors (Lipinski definition) is 2. The molecule has 100 valence electrons. The number of aromatic hydroxyl groups is 2. The van der Waals surface area contributed by atoms with Gasteiger partial charge in [0.1, 0.15) is 5.82 Å². The molecule has 0 radical (unpaired) electrons. The van der Waals surface area contributed by atoms with Gasteiger partial charge in [0.25, 0.3) is 5.69 Å². The molecule has 0 atom stereocenters. The minimum absolute atomic E-state index is 0.246. The van der Waals surface area contributed by atoms with Crippen molar-refractivity contribution in [3.63, 3.8) is 0 Å². The Morgan fingerprint density at radius 3 is 2.58 bits per heavy atom. The van der Waals surface area contributed by atoms with Gasteiger partial charge in [-0.3, -0.25) is 10.1 Å². The minimum Gasteiger partial charge on any atom is -0.494 e. The third-order valence-corrected chi connectivity index (χ3v) is 3.16. The van der Waals surface area contributed by atoms with E-state index < -0.39 is 16.6 Å². The molecule has 1 aromatic heterocycles. The van der Waals surface area contributed by atoms with Crippen LogP contribution in [0.2, 0.25) is 0 Å². The number of non-ortho nitro benzene ring substituents is 1. The second-order valence-corrected chi connectivity index (χ2v) is 4.27. The summed E-state index contributed by atoms with van der Waals surface area (Å²) in [7, 11) is 0. The zero-order chi connectivity index (χ0) is 14.2. The number of hydrogen-bond acceptors (Lipinski definition) is 4. The van der Waals surface area contributed by atoms with Crippen LogP contribution in [-0.2, 0) is 5.33 Å². The molecule has 0 amide bonds. The molecule has 0 saturated carbocycles. The summed E-state index contributed by atoms with van der Waals surface area (Å²) in [5, 5.41) is 30.5. The van der Waals surface area contributed by atoms with Crippen LogP contribution in [0.1, 0.15) is 5.56 Å². The fraction of sp³-hybridized carbons (Fsp3) is 0.0909. The Labute approximate surface area is 115 Å². The van der Waals surface area contributed by atoms with Crippen molar-refractivity contribution in [3.8, 4) is 17.4 Å². The van der Waals surface area contributed by atoms with E-state index >= 15 is 0 Å². The molecule has 0 bridgehead atoms. The largest absolute Gasteiger partial charge is 0.494 e. The van der Waals surface area contributed by atoms with Crippen molar-refractivity contribution in [1.82, 2.24) is 4.57 Å². The first kappa shape index (κ1) is 13.3. The van der Waals surface area contributed by atoms with Gasteiger partial charge in [-0.2, -0.15) is 0 Å². The lowest BCUT2D eigenvalue weighted by Crippen LogP contribution is -1.99. The van der Waals surface area contributed by atoms with Gasteiger partial charge in [-0.15, -0.1) is 0 Å². The predicted molar refractivity (Wildman–Crippen MR) is 68.3 cm³/mol. The molecule has 0 aliphatic heterocycles. The molecule has 8 heteroatoms. The van der Waals surface area contributed by atoms with Crippen molar-refractivity contribution in [2.75, 3.05) is 0 Å². The number of alkyl halides is 1. The minimum atomic E-state index is -0.798. The number of nitro groups is 1. The lowest BCUT2D eigenvalue weighted by atomic mass is 10.2. The maximum atomic E-state index is 13.7. The third-order valence-electron chi connectivity index (χ3n) is 2.56. The summed E-state index contributed by atoms with van der Waals surface area (Å²) >= 11 is 3.10. The molecule has 2 rings (SSSR count). The van der Waals surface area contributed by atoms with Gasteiger partial charge in [0.15, 0.2) is 5.88 Å². The van der Waals surface area contributed by atoms with Crippen LogP contribution in [0.25, 0.3) is 5.69 Å². The highest BCUT2D eigenvalue weighted by atomic mass is 79.9. The van der Waals surface area contributed by atoms with Gasteiger partial charge in [0, 0.05) is 29.1 Å². The zero-order valence-electron chi connectivity index (χ0n) is 9.38. The van der Waals surface area contributed by atoms with Crippen LogP contribution in [0, 0.1) is 15.9 Å². The Kier molecular flexibility index (Phi) is 3.43. The summed E-state index contributed by atoms with van der Waals surface area (Å²) in [6, 6.07) is 4.08.